The van der Waals surface area contributed by atoms with E-state index in [1.54, 1.807) is 0 Å². The molecule has 0 saturated carbocycles. The number of allylic oxidation sites excluding steroid dienone is 2. The standard InChI is InChI=1S/C10H14O3S/c11-14(12)7-9-3-1-2-4-10(9,8-14)6-13-5-9/h1-2H,3-8H2/t9-,10-/m0/s1. The molecule has 0 radical (unpaired) electrons. The fourth-order valence-electron chi connectivity index (χ4n) is 3.32. The monoisotopic (exact) mass is 214 g/mol. The van der Waals surface area contributed by atoms with E-state index < -0.39 is 9.84 Å². The van der Waals surface area contributed by atoms with Crippen LogP contribution in [-0.4, -0.2) is 33.1 Å². The summed E-state index contributed by atoms with van der Waals surface area (Å²) in [5.41, 5.74) is -0.166. The fraction of sp³-hybridized carbons (Fsp3) is 0.800. The van der Waals surface area contributed by atoms with Crippen LogP contribution in [0.15, 0.2) is 12.2 Å². The zero-order valence-electron chi connectivity index (χ0n) is 8.03. The van der Waals surface area contributed by atoms with E-state index in [1.807, 2.05) is 0 Å². The summed E-state index contributed by atoms with van der Waals surface area (Å²) in [5, 5.41) is 0. The Balaban J connectivity index is 2.14. The van der Waals surface area contributed by atoms with Crippen LogP contribution in [-0.2, 0) is 14.6 Å². The van der Waals surface area contributed by atoms with Crippen molar-refractivity contribution in [1.29, 1.82) is 0 Å². The van der Waals surface area contributed by atoms with Crippen LogP contribution in [0.3, 0.4) is 0 Å². The van der Waals surface area contributed by atoms with Gasteiger partial charge in [0.15, 0.2) is 9.84 Å². The Labute approximate surface area is 84.1 Å². The van der Waals surface area contributed by atoms with Crippen LogP contribution in [0.4, 0.5) is 0 Å². The summed E-state index contributed by atoms with van der Waals surface area (Å²) in [7, 11) is -2.83. The summed E-state index contributed by atoms with van der Waals surface area (Å²) in [6, 6.07) is 0. The normalized spacial score (nSPS) is 48.9. The lowest BCUT2D eigenvalue weighted by molar-refractivity contribution is 0.157. The molecule has 78 valence electrons. The molecule has 2 heterocycles. The molecule has 14 heavy (non-hydrogen) atoms. The molecule has 0 N–H and O–H groups in total. The Morgan fingerprint density at radius 3 is 2.00 bits per heavy atom. The maximum Gasteiger partial charge on any atom is 0.151 e. The van der Waals surface area contributed by atoms with E-state index in [0.717, 1.165) is 12.8 Å². The quantitative estimate of drug-likeness (QED) is 0.559. The largest absolute Gasteiger partial charge is 0.380 e. The number of rotatable bonds is 0. The van der Waals surface area contributed by atoms with Gasteiger partial charge in [0.1, 0.15) is 0 Å². The molecule has 0 aromatic heterocycles. The molecule has 3 nitrogen and oxygen atoms in total. The molecule has 0 spiro atoms. The van der Waals surface area contributed by atoms with Gasteiger partial charge in [-0.05, 0) is 12.8 Å². The highest BCUT2D eigenvalue weighted by molar-refractivity contribution is 7.91. The lowest BCUT2D eigenvalue weighted by Crippen LogP contribution is -2.40. The molecular formula is C10H14O3S. The first-order chi connectivity index (χ1) is 6.58. The highest BCUT2D eigenvalue weighted by Crippen LogP contribution is 2.58. The van der Waals surface area contributed by atoms with Crippen LogP contribution >= 0.6 is 0 Å². The van der Waals surface area contributed by atoms with Crippen molar-refractivity contribution >= 4 is 9.84 Å². The van der Waals surface area contributed by atoms with Crippen molar-refractivity contribution in [3.05, 3.63) is 12.2 Å². The molecule has 0 aromatic rings. The molecule has 2 aliphatic heterocycles. The zero-order valence-corrected chi connectivity index (χ0v) is 8.85. The second-order valence-corrected chi connectivity index (χ2v) is 7.03. The minimum Gasteiger partial charge on any atom is -0.380 e. The van der Waals surface area contributed by atoms with Gasteiger partial charge in [-0.1, -0.05) is 12.2 Å². The molecule has 2 fully saturated rings. The first-order valence-corrected chi connectivity index (χ1v) is 6.83. The van der Waals surface area contributed by atoms with E-state index in [9.17, 15) is 8.42 Å². The minimum absolute atomic E-state index is 0.0828. The van der Waals surface area contributed by atoms with Crippen molar-refractivity contribution in [1.82, 2.24) is 0 Å². The summed E-state index contributed by atoms with van der Waals surface area (Å²) in [5.74, 6) is 0.675. The number of hydrogen-bond acceptors (Lipinski definition) is 3. The Morgan fingerprint density at radius 2 is 1.50 bits per heavy atom. The SMILES string of the molecule is O=S1(=O)C[C@@]23CC=CC[C@]2(COC3)C1. The molecule has 3 rings (SSSR count). The smallest absolute Gasteiger partial charge is 0.151 e. The van der Waals surface area contributed by atoms with E-state index in [2.05, 4.69) is 12.2 Å². The first kappa shape index (κ1) is 8.92. The Kier molecular flexibility index (Phi) is 1.54. The third-order valence-corrected chi connectivity index (χ3v) is 6.04. The third-order valence-electron chi connectivity index (χ3n) is 4.06. The van der Waals surface area contributed by atoms with Crippen molar-refractivity contribution in [2.24, 2.45) is 10.8 Å². The molecule has 0 unspecified atom stereocenters. The van der Waals surface area contributed by atoms with Crippen LogP contribution in [0.2, 0.25) is 0 Å². The molecule has 0 aromatic carbocycles. The van der Waals surface area contributed by atoms with Crippen LogP contribution in [0, 0.1) is 10.8 Å². The van der Waals surface area contributed by atoms with E-state index in [4.69, 9.17) is 4.74 Å². The predicted octanol–water partition coefficient (Wildman–Crippen LogP) is 0.768. The van der Waals surface area contributed by atoms with E-state index in [1.165, 1.54) is 0 Å². The molecule has 1 aliphatic carbocycles. The van der Waals surface area contributed by atoms with Gasteiger partial charge in [0.25, 0.3) is 0 Å². The third kappa shape index (κ3) is 0.932. The summed E-state index contributed by atoms with van der Waals surface area (Å²) >= 11 is 0. The summed E-state index contributed by atoms with van der Waals surface area (Å²) in [4.78, 5) is 0. The minimum atomic E-state index is -2.83. The van der Waals surface area contributed by atoms with Gasteiger partial charge < -0.3 is 4.74 Å². The van der Waals surface area contributed by atoms with E-state index >= 15 is 0 Å². The summed E-state index contributed by atoms with van der Waals surface area (Å²) in [6.07, 6.45) is 6.00. The van der Waals surface area contributed by atoms with Gasteiger partial charge in [-0.25, -0.2) is 8.42 Å². The van der Waals surface area contributed by atoms with Gasteiger partial charge in [0.2, 0.25) is 0 Å². The van der Waals surface area contributed by atoms with Gasteiger partial charge in [-0.2, -0.15) is 0 Å². The average Bonchev–Trinajstić information content (AvgIpc) is 2.50. The van der Waals surface area contributed by atoms with Gasteiger partial charge in [0.05, 0.1) is 24.7 Å². The van der Waals surface area contributed by atoms with Gasteiger partial charge in [-0.3, -0.25) is 0 Å². The molecule has 2 saturated heterocycles. The van der Waals surface area contributed by atoms with Gasteiger partial charge in [0, 0.05) is 10.8 Å². The zero-order chi connectivity index (χ0) is 9.86. The molecular weight excluding hydrogens is 200 g/mol. The second kappa shape index (κ2) is 2.42. The summed E-state index contributed by atoms with van der Waals surface area (Å²) in [6.45, 7) is 1.27. The average molecular weight is 214 g/mol. The number of ether oxygens (including phenoxy) is 1. The predicted molar refractivity (Wildman–Crippen MR) is 52.7 cm³/mol. The van der Waals surface area contributed by atoms with Crippen LogP contribution < -0.4 is 0 Å². The van der Waals surface area contributed by atoms with Gasteiger partial charge in [-0.15, -0.1) is 0 Å². The second-order valence-electron chi connectivity index (χ2n) is 4.97. The maximum atomic E-state index is 11.7. The van der Waals surface area contributed by atoms with Crippen LogP contribution in [0.25, 0.3) is 0 Å². The highest BCUT2D eigenvalue weighted by Gasteiger charge is 2.63. The summed E-state index contributed by atoms with van der Waals surface area (Å²) < 4.78 is 29.0. The number of hydrogen-bond donors (Lipinski definition) is 0. The lowest BCUT2D eigenvalue weighted by Gasteiger charge is -2.38. The van der Waals surface area contributed by atoms with Crippen molar-refractivity contribution in [3.63, 3.8) is 0 Å². The van der Waals surface area contributed by atoms with Crippen molar-refractivity contribution in [3.8, 4) is 0 Å². The Morgan fingerprint density at radius 1 is 1.00 bits per heavy atom. The number of sulfone groups is 1. The van der Waals surface area contributed by atoms with Crippen LogP contribution in [0.1, 0.15) is 12.8 Å². The highest BCUT2D eigenvalue weighted by atomic mass is 32.2. The van der Waals surface area contributed by atoms with E-state index in [-0.39, 0.29) is 10.8 Å². The molecule has 2 atom stereocenters. The maximum absolute atomic E-state index is 11.7. The Bertz CT molecular complexity index is 368. The molecule has 4 heteroatoms. The van der Waals surface area contributed by atoms with Crippen molar-refractivity contribution < 1.29 is 13.2 Å². The topological polar surface area (TPSA) is 43.4 Å². The molecule has 0 amide bonds. The van der Waals surface area contributed by atoms with Crippen molar-refractivity contribution in [2.75, 3.05) is 24.7 Å². The first-order valence-electron chi connectivity index (χ1n) is 5.01. The fourth-order valence-corrected chi connectivity index (χ4v) is 6.12. The van der Waals surface area contributed by atoms with Gasteiger partial charge >= 0.3 is 0 Å². The molecule has 0 bridgehead atoms. The van der Waals surface area contributed by atoms with Crippen LogP contribution in [0.5, 0.6) is 0 Å². The lowest BCUT2D eigenvalue weighted by atomic mass is 9.62. The molecule has 3 aliphatic rings. The Hall–Kier alpha value is -0.350. The van der Waals surface area contributed by atoms with Crippen molar-refractivity contribution in [2.45, 2.75) is 12.8 Å². The van der Waals surface area contributed by atoms with E-state index in [0.29, 0.717) is 24.7 Å².